The van der Waals surface area contributed by atoms with Gasteiger partial charge in [-0.1, -0.05) is 53.5 Å². The molecule has 14 rings (SSSR count). The highest BCUT2D eigenvalue weighted by Gasteiger charge is 2.50. The topological polar surface area (TPSA) is 510 Å². The molecule has 113 heavy (non-hydrogen) atoms. The number of benzene rings is 7. The van der Waals surface area contributed by atoms with Gasteiger partial charge in [0, 0.05) is 38.4 Å². The molecule has 0 aliphatic carbocycles. The number of rotatable bonds is 13. The van der Waals surface area contributed by atoms with Crippen molar-refractivity contribution in [3.8, 4) is 69.0 Å². The lowest BCUT2D eigenvalue weighted by Gasteiger charge is -2.44. The largest absolute Gasteiger partial charge is 0.508 e. The Hall–Kier alpha value is -11.0. The van der Waals surface area contributed by atoms with E-state index in [9.17, 15) is 65.8 Å². The fraction of sp³-hybridized carbons (Fsp3) is 0.359. The van der Waals surface area contributed by atoms with E-state index < -0.39 is 195 Å². The maximum Gasteiger partial charge on any atom is 0.373 e. The second-order valence-corrected chi connectivity index (χ2v) is 28.5. The number of carbonyl (C=O) groups excluding carboxylic acids is 9. The number of fused-ring (bicyclic) bond motifs is 15. The summed E-state index contributed by atoms with van der Waals surface area (Å²) < 4.78 is 50.2. The molecule has 0 aromatic heterocycles. The number of phenolic OH excluding ortho intramolecular Hbond substituents is 4. The number of phenols is 4. The molecule has 2 fully saturated rings. The van der Waals surface area contributed by atoms with Gasteiger partial charge in [-0.05, 0) is 151 Å². The lowest BCUT2D eigenvalue weighted by Crippen LogP contribution is -2.65. The first kappa shape index (κ1) is 82.9. The van der Waals surface area contributed by atoms with Crippen molar-refractivity contribution in [2.24, 2.45) is 0 Å². The lowest BCUT2D eigenvalue weighted by atomic mass is 9.86. The van der Waals surface area contributed by atoms with Crippen LogP contribution in [0.15, 0.2) is 127 Å². The van der Waals surface area contributed by atoms with Gasteiger partial charge in [-0.2, -0.15) is 9.59 Å². The van der Waals surface area contributed by atoms with Crippen molar-refractivity contribution in [2.75, 3.05) is 13.2 Å². The van der Waals surface area contributed by atoms with Gasteiger partial charge in [-0.3, -0.25) is 33.6 Å². The number of ether oxygens (including phenoxy) is 8. The van der Waals surface area contributed by atoms with E-state index in [1.165, 1.54) is 115 Å². The third-order valence-electron chi connectivity index (χ3n) is 19.3. The third-order valence-corrected chi connectivity index (χ3v) is 19.9. The Morgan fingerprint density at radius 2 is 1.17 bits per heavy atom. The molecule has 16 N–H and O–H groups in total. The summed E-state index contributed by atoms with van der Waals surface area (Å²) in [6.07, 6.45) is -20.5. The maximum absolute atomic E-state index is 16.4. The number of ketones is 2. The molecule has 35 heteroatoms. The summed E-state index contributed by atoms with van der Waals surface area (Å²) in [6.45, 7) is 3.62. The van der Waals surface area contributed by atoms with Crippen LogP contribution in [0.5, 0.6) is 69.0 Å². The Balaban J connectivity index is 0.00000414. The van der Waals surface area contributed by atoms with Crippen LogP contribution in [0.1, 0.15) is 109 Å². The minimum atomic E-state index is -2.15. The van der Waals surface area contributed by atoms with E-state index in [1.54, 1.807) is 26.8 Å². The number of aliphatic hydroxyl groups excluding tert-OH is 7. The molecule has 33 nitrogen and oxygen atoms in total. The molecular weight excluding hydrogens is 1530 g/mol. The van der Waals surface area contributed by atoms with Gasteiger partial charge in [0.15, 0.2) is 40.9 Å². The molecule has 7 aromatic rings. The molecule has 16 unspecified atom stereocenters. The summed E-state index contributed by atoms with van der Waals surface area (Å²) in [5.41, 5.74) is 0.399. The zero-order chi connectivity index (χ0) is 81.5. The Kier molecular flexibility index (Phi) is 26.3. The summed E-state index contributed by atoms with van der Waals surface area (Å²) >= 11 is 14.5. The first-order valence-corrected chi connectivity index (χ1v) is 36.1. The number of hydrogen-bond donors (Lipinski definition) is 16. The second kappa shape index (κ2) is 35.8. The standard InChI is InChI=1S/C77H79Cl2N5O26.CO2/c1-32(2)103-71-58-23-41-24-59(71)107-56-14-9-39(21-50(56)79)70(110-76-63(81-34(4)87)67(96)65(94)60(30-85)108-76)64(75(102)80-29-36-15-43(89)25-45(16-36)105-77-69(98)68(97)66(95)61(31-86)109-77)84-73(100)47(37-6-10-42(88)11-7-37)28-54(93)62(41)83-74(101)48-27-53(92)51(18-35-5-13-55(106-58)49(78)17-35)82-72(99)33(3)38-8-12-52(91)57(22-38)104-46-20-40(48)19-44(90)26-46;2-1-3/h5-17,19-26,32-33,47-48,51,60-70,76-77,85-86,88-91,94-98H,18,27-31H2,1-4H3,(H,80,102)(H,81,87)(H,82,99)(H,83,101)(H,84,100);/t33?,47?,48?,51-,60?,61?,62?,63?,64?,65?,66?,67?,68?,69?,70?,76?,77?;/m0./s1. The molecule has 0 radical (unpaired) electrons. The van der Waals surface area contributed by atoms with Gasteiger partial charge in [0.05, 0.1) is 53.2 Å². The highest BCUT2D eigenvalue weighted by Crippen LogP contribution is 2.49. The Labute approximate surface area is 652 Å². The average Bonchev–Trinajstić information content (AvgIpc) is 0.774. The van der Waals surface area contributed by atoms with Crippen LogP contribution in [0.25, 0.3) is 0 Å². The normalized spacial score (nSPS) is 26.5. The molecule has 5 amide bonds. The lowest BCUT2D eigenvalue weighted by molar-refractivity contribution is -0.284. The van der Waals surface area contributed by atoms with Crippen LogP contribution in [0.4, 0.5) is 0 Å². The molecule has 598 valence electrons. The van der Waals surface area contributed by atoms with Gasteiger partial charge in [0.1, 0.15) is 107 Å². The first-order valence-electron chi connectivity index (χ1n) is 35.3. The van der Waals surface area contributed by atoms with Gasteiger partial charge in [0.25, 0.3) is 0 Å². The molecular formula is C78H79Cl2N5O28. The van der Waals surface area contributed by atoms with Gasteiger partial charge in [0.2, 0.25) is 41.6 Å². The van der Waals surface area contributed by atoms with Crippen LogP contribution in [-0.2, 0) is 70.3 Å². The van der Waals surface area contributed by atoms with Crippen molar-refractivity contribution >= 4 is 70.5 Å². The van der Waals surface area contributed by atoms with Crippen molar-refractivity contribution in [2.45, 2.75) is 163 Å². The van der Waals surface area contributed by atoms with Gasteiger partial charge in [-0.25, -0.2) is 0 Å². The molecule has 7 aliphatic heterocycles. The van der Waals surface area contributed by atoms with Crippen LogP contribution in [0.3, 0.4) is 0 Å². The number of aliphatic hydroxyl groups is 7. The quantitative estimate of drug-likeness (QED) is 0.0769. The van der Waals surface area contributed by atoms with E-state index in [4.69, 9.17) is 70.7 Å². The average molecular weight is 1610 g/mol. The smallest absolute Gasteiger partial charge is 0.373 e. The third kappa shape index (κ3) is 19.2. The van der Waals surface area contributed by atoms with Gasteiger partial charge >= 0.3 is 6.15 Å². The molecule has 7 aliphatic rings. The van der Waals surface area contributed by atoms with Crippen molar-refractivity contribution in [1.29, 1.82) is 0 Å². The summed E-state index contributed by atoms with van der Waals surface area (Å²) in [6, 6.07) is 20.0. The van der Waals surface area contributed by atoms with Crippen LogP contribution >= 0.6 is 23.2 Å². The summed E-state index contributed by atoms with van der Waals surface area (Å²) in [4.78, 5) is 123. The monoisotopic (exact) mass is 1600 g/mol. The van der Waals surface area contributed by atoms with Crippen molar-refractivity contribution < 1.29 is 137 Å². The molecule has 13 bridgehead atoms. The van der Waals surface area contributed by atoms with E-state index in [2.05, 4.69) is 26.6 Å². The molecule has 7 heterocycles. The van der Waals surface area contributed by atoms with Crippen molar-refractivity contribution in [3.63, 3.8) is 0 Å². The minimum absolute atomic E-state index is 0.0241. The van der Waals surface area contributed by atoms with Gasteiger partial charge in [-0.15, -0.1) is 0 Å². The van der Waals surface area contributed by atoms with E-state index in [0.717, 1.165) is 13.0 Å². The first-order chi connectivity index (χ1) is 53.8. The number of amides is 5. The van der Waals surface area contributed by atoms with Crippen LogP contribution < -0.4 is 50.3 Å². The zero-order valence-corrected chi connectivity index (χ0v) is 61.9. The van der Waals surface area contributed by atoms with E-state index >= 15 is 24.0 Å². The molecule has 17 atom stereocenters. The Bertz CT molecular complexity index is 4770. The fourth-order valence-electron chi connectivity index (χ4n) is 13.5. The van der Waals surface area contributed by atoms with E-state index in [0.29, 0.717) is 11.1 Å². The second-order valence-electron chi connectivity index (χ2n) is 27.7. The van der Waals surface area contributed by atoms with Crippen LogP contribution in [0, 0.1) is 0 Å². The van der Waals surface area contributed by atoms with Gasteiger partial charge < -0.3 is 121 Å². The number of Topliss-reactive ketones (excluding diaryl/α,β-unsaturated/α-hetero) is 2. The number of halogens is 2. The van der Waals surface area contributed by atoms with Crippen molar-refractivity contribution in [1.82, 2.24) is 26.6 Å². The fourth-order valence-corrected chi connectivity index (χ4v) is 14.0. The number of aromatic hydroxyl groups is 4. The summed E-state index contributed by atoms with van der Waals surface area (Å²) in [5, 5.41) is 133. The van der Waals surface area contributed by atoms with Crippen molar-refractivity contribution in [3.05, 3.63) is 176 Å². The molecule has 0 saturated carbocycles. The predicted octanol–water partition coefficient (Wildman–Crippen LogP) is 4.19. The van der Waals surface area contributed by atoms with E-state index in [-0.39, 0.29) is 108 Å². The molecule has 2 saturated heterocycles. The van der Waals surface area contributed by atoms with Crippen LogP contribution in [0.2, 0.25) is 10.0 Å². The summed E-state index contributed by atoms with van der Waals surface area (Å²) in [7, 11) is 0. The Morgan fingerprint density at radius 3 is 1.81 bits per heavy atom. The highest BCUT2D eigenvalue weighted by atomic mass is 35.5. The minimum Gasteiger partial charge on any atom is -0.508 e. The maximum atomic E-state index is 16.4. The van der Waals surface area contributed by atoms with E-state index in [1.807, 2.05) is 0 Å². The number of hydrogen-bond acceptors (Lipinski definition) is 28. The van der Waals surface area contributed by atoms with Crippen LogP contribution in [-0.4, -0.2) is 196 Å². The molecule has 7 aromatic carbocycles. The SMILES string of the molecule is CC(=O)NC1C(OC2c3ccc(c(Cl)c3)Oc3cc4cc(c3OC(C)C)Oc3ccc(cc3Cl)C[C@@H]3NC(=O)C(C)c5ccc(O)c(c5)Oc5cc(O)cc(c5)C(CC3=O)C(=O)NC4C(=O)CC(c3ccc(O)cc3)C(=O)NC2C(=O)NCc2cc(O)cc(OC3OC(CO)C(O)C(O)C3O)c2)OC(CO)C(O)C1O.O=C=O. The predicted molar refractivity (Wildman–Crippen MR) is 390 cm³/mol. The number of nitrogens with one attached hydrogen (secondary N) is 5. The number of carbonyl (C=O) groups is 7. The highest BCUT2D eigenvalue weighted by molar-refractivity contribution is 6.32. The zero-order valence-electron chi connectivity index (χ0n) is 60.4. The molecule has 0 spiro atoms. The Morgan fingerprint density at radius 1 is 0.575 bits per heavy atom. The summed E-state index contributed by atoms with van der Waals surface area (Å²) in [5.74, 6) is -14.3.